The third-order valence-corrected chi connectivity index (χ3v) is 3.57. The molecule has 0 amide bonds. The van der Waals surface area contributed by atoms with Gasteiger partial charge in [-0.2, -0.15) is 10.1 Å². The molecule has 0 spiro atoms. The molecule has 0 bridgehead atoms. The zero-order chi connectivity index (χ0) is 17.2. The number of aromatic nitrogens is 4. The maximum atomic E-state index is 12.2. The molecule has 0 saturated heterocycles. The summed E-state index contributed by atoms with van der Waals surface area (Å²) in [5.74, 6) is 0.441. The Balaban J connectivity index is 1.80. The van der Waals surface area contributed by atoms with Crippen LogP contribution in [0.3, 0.4) is 0 Å². The molecule has 0 radical (unpaired) electrons. The normalized spacial score (nSPS) is 12.1. The van der Waals surface area contributed by atoms with Crippen molar-refractivity contribution in [3.8, 4) is 0 Å². The van der Waals surface area contributed by atoms with Crippen LogP contribution in [0.5, 0.6) is 0 Å². The number of hydrogen-bond donors (Lipinski definition) is 2. The molecule has 0 aliphatic rings. The lowest BCUT2D eigenvalue weighted by molar-refractivity contribution is 0.366. The average Bonchev–Trinajstić information content (AvgIpc) is 2.97. The summed E-state index contributed by atoms with van der Waals surface area (Å²) < 4.78 is 1.77. The fraction of sp³-hybridized carbons (Fsp3) is 0.278. The van der Waals surface area contributed by atoms with Gasteiger partial charge in [-0.3, -0.25) is 9.78 Å². The molecule has 0 aliphatic carbocycles. The van der Waals surface area contributed by atoms with Crippen molar-refractivity contribution in [3.63, 3.8) is 0 Å². The van der Waals surface area contributed by atoms with E-state index in [4.69, 9.17) is 0 Å². The third kappa shape index (κ3) is 3.37. The van der Waals surface area contributed by atoms with Gasteiger partial charge >= 0.3 is 0 Å². The van der Waals surface area contributed by atoms with Crippen LogP contribution in [0.1, 0.15) is 26.3 Å². The van der Waals surface area contributed by atoms with Crippen LogP contribution in [0.4, 0.5) is 5.95 Å². The number of hydrogen-bond acceptors (Lipinski definition) is 4. The lowest BCUT2D eigenvalue weighted by Crippen LogP contribution is -2.24. The Hall–Kier alpha value is -2.89. The van der Waals surface area contributed by atoms with Gasteiger partial charge in [0.25, 0.3) is 5.56 Å². The molecule has 6 nitrogen and oxygen atoms in total. The monoisotopic (exact) mass is 323 g/mol. The molecular weight excluding hydrogens is 302 g/mol. The Bertz CT molecular complexity index is 916. The number of benzene rings is 1. The maximum absolute atomic E-state index is 12.2. The van der Waals surface area contributed by atoms with Gasteiger partial charge in [0.05, 0.1) is 11.7 Å². The van der Waals surface area contributed by atoms with Crippen LogP contribution in [-0.4, -0.2) is 26.3 Å². The van der Waals surface area contributed by atoms with E-state index in [2.05, 4.69) is 20.4 Å². The largest absolute Gasteiger partial charge is 0.352 e. The predicted molar refractivity (Wildman–Crippen MR) is 97.1 cm³/mol. The summed E-state index contributed by atoms with van der Waals surface area (Å²) in [6, 6.07) is 10.0. The van der Waals surface area contributed by atoms with E-state index in [-0.39, 0.29) is 11.1 Å². The quantitative estimate of drug-likeness (QED) is 0.774. The lowest BCUT2D eigenvalue weighted by atomic mass is 10.1. The lowest BCUT2D eigenvalue weighted by Gasteiger charge is -2.19. The van der Waals surface area contributed by atoms with Gasteiger partial charge in [-0.05, 0) is 26.3 Å². The molecule has 3 aromatic rings. The van der Waals surface area contributed by atoms with E-state index in [1.165, 1.54) is 0 Å². The molecule has 0 unspecified atom stereocenters. The first-order chi connectivity index (χ1) is 11.4. The first kappa shape index (κ1) is 16.0. The summed E-state index contributed by atoms with van der Waals surface area (Å²) in [4.78, 5) is 19.4. The van der Waals surface area contributed by atoms with E-state index < -0.39 is 0 Å². The molecular formula is C18H21N5O. The molecule has 124 valence electrons. The Kier molecular flexibility index (Phi) is 4.20. The van der Waals surface area contributed by atoms with Crippen molar-refractivity contribution in [3.05, 3.63) is 58.5 Å². The fourth-order valence-electron chi connectivity index (χ4n) is 2.41. The SMILES string of the molecule is CC(C)(C)n1ncc2c(=O)[nH]c(NC/C=C/c3ccccc3)nc21. The number of fused-ring (bicyclic) bond motifs is 1. The summed E-state index contributed by atoms with van der Waals surface area (Å²) in [6.07, 6.45) is 5.56. The van der Waals surface area contributed by atoms with Crippen molar-refractivity contribution in [2.75, 3.05) is 11.9 Å². The summed E-state index contributed by atoms with van der Waals surface area (Å²) in [5.41, 5.74) is 1.28. The van der Waals surface area contributed by atoms with Gasteiger partial charge in [-0.1, -0.05) is 42.5 Å². The van der Waals surface area contributed by atoms with Crippen molar-refractivity contribution in [2.45, 2.75) is 26.3 Å². The van der Waals surface area contributed by atoms with Gasteiger partial charge in [0.2, 0.25) is 5.95 Å². The summed E-state index contributed by atoms with van der Waals surface area (Å²) >= 11 is 0. The van der Waals surface area contributed by atoms with E-state index in [1.54, 1.807) is 10.9 Å². The second-order valence-electron chi connectivity index (χ2n) is 6.57. The first-order valence-electron chi connectivity index (χ1n) is 7.89. The average molecular weight is 323 g/mol. The molecule has 0 saturated carbocycles. The van der Waals surface area contributed by atoms with Gasteiger partial charge in [-0.25, -0.2) is 4.68 Å². The van der Waals surface area contributed by atoms with Gasteiger partial charge in [-0.15, -0.1) is 0 Å². The highest BCUT2D eigenvalue weighted by atomic mass is 16.1. The maximum Gasteiger partial charge on any atom is 0.263 e. The summed E-state index contributed by atoms with van der Waals surface area (Å²) in [7, 11) is 0. The molecule has 2 N–H and O–H groups in total. The van der Waals surface area contributed by atoms with E-state index in [0.29, 0.717) is 23.5 Å². The van der Waals surface area contributed by atoms with Crippen LogP contribution in [0.2, 0.25) is 0 Å². The number of nitrogens with one attached hydrogen (secondary N) is 2. The second kappa shape index (κ2) is 6.31. The minimum atomic E-state index is -0.243. The molecule has 0 aliphatic heterocycles. The highest BCUT2D eigenvalue weighted by Gasteiger charge is 2.19. The Morgan fingerprint density at radius 3 is 2.71 bits per heavy atom. The summed E-state index contributed by atoms with van der Waals surface area (Å²) in [6.45, 7) is 6.64. The molecule has 2 aromatic heterocycles. The topological polar surface area (TPSA) is 75.6 Å². The van der Waals surface area contributed by atoms with Crippen LogP contribution >= 0.6 is 0 Å². The number of H-pyrrole nitrogens is 1. The van der Waals surface area contributed by atoms with E-state index in [0.717, 1.165) is 5.56 Å². The van der Waals surface area contributed by atoms with E-state index >= 15 is 0 Å². The highest BCUT2D eigenvalue weighted by Crippen LogP contribution is 2.18. The van der Waals surface area contributed by atoms with Gasteiger partial charge < -0.3 is 5.32 Å². The smallest absolute Gasteiger partial charge is 0.263 e. The van der Waals surface area contributed by atoms with Crippen LogP contribution in [0, 0.1) is 0 Å². The van der Waals surface area contributed by atoms with Crippen molar-refractivity contribution < 1.29 is 0 Å². The van der Waals surface area contributed by atoms with Crippen LogP contribution < -0.4 is 10.9 Å². The van der Waals surface area contributed by atoms with Crippen molar-refractivity contribution in [2.24, 2.45) is 0 Å². The molecule has 0 atom stereocenters. The van der Waals surface area contributed by atoms with Crippen molar-refractivity contribution in [1.29, 1.82) is 0 Å². The number of nitrogens with zero attached hydrogens (tertiary/aromatic N) is 3. The van der Waals surface area contributed by atoms with Gasteiger partial charge in [0.1, 0.15) is 5.39 Å². The fourth-order valence-corrected chi connectivity index (χ4v) is 2.41. The summed E-state index contributed by atoms with van der Waals surface area (Å²) in [5, 5.41) is 7.91. The predicted octanol–water partition coefficient (Wildman–Crippen LogP) is 3.00. The molecule has 1 aromatic carbocycles. The van der Waals surface area contributed by atoms with Crippen LogP contribution in [0.15, 0.2) is 47.4 Å². The van der Waals surface area contributed by atoms with Crippen LogP contribution in [-0.2, 0) is 5.54 Å². The van der Waals surface area contributed by atoms with Gasteiger partial charge in [0, 0.05) is 6.54 Å². The molecule has 6 heteroatoms. The molecule has 24 heavy (non-hydrogen) atoms. The Morgan fingerprint density at radius 2 is 2.00 bits per heavy atom. The molecule has 3 rings (SSSR count). The highest BCUT2D eigenvalue weighted by molar-refractivity contribution is 5.74. The number of anilines is 1. The van der Waals surface area contributed by atoms with Crippen molar-refractivity contribution in [1.82, 2.24) is 19.7 Å². The van der Waals surface area contributed by atoms with Gasteiger partial charge in [0.15, 0.2) is 5.65 Å². The van der Waals surface area contributed by atoms with Crippen molar-refractivity contribution >= 4 is 23.1 Å². The molecule has 2 heterocycles. The van der Waals surface area contributed by atoms with E-state index in [9.17, 15) is 4.79 Å². The van der Waals surface area contributed by atoms with E-state index in [1.807, 2.05) is 63.3 Å². The van der Waals surface area contributed by atoms with Crippen LogP contribution in [0.25, 0.3) is 17.1 Å². The third-order valence-electron chi connectivity index (χ3n) is 3.57. The number of rotatable bonds is 4. The Morgan fingerprint density at radius 1 is 1.25 bits per heavy atom. The first-order valence-corrected chi connectivity index (χ1v) is 7.89. The second-order valence-corrected chi connectivity index (χ2v) is 6.57. The zero-order valence-corrected chi connectivity index (χ0v) is 14.1. The zero-order valence-electron chi connectivity index (χ0n) is 14.1. The number of aromatic amines is 1. The standard InChI is InChI=1S/C18H21N5O/c1-18(2,3)23-15-14(12-20-23)16(24)22-17(21-15)19-11-7-10-13-8-5-4-6-9-13/h4-10,12H,11H2,1-3H3,(H2,19,21,22,24)/b10-7+. The minimum Gasteiger partial charge on any atom is -0.352 e. The minimum absolute atomic E-state index is 0.190. The Labute approximate surface area is 140 Å². The molecule has 0 fully saturated rings.